The first-order chi connectivity index (χ1) is 14.2. The minimum atomic E-state index is -0.353. The molecule has 0 unspecified atom stereocenters. The summed E-state index contributed by atoms with van der Waals surface area (Å²) >= 11 is 0. The Morgan fingerprint density at radius 1 is 0.966 bits per heavy atom. The number of aliphatic hydroxyl groups is 1. The molecule has 0 radical (unpaired) electrons. The van der Waals surface area contributed by atoms with Gasteiger partial charge in [0, 0.05) is 37.6 Å². The Morgan fingerprint density at radius 3 is 2.55 bits per heavy atom. The van der Waals surface area contributed by atoms with Crippen LogP contribution in [-0.4, -0.2) is 43.9 Å². The van der Waals surface area contributed by atoms with Crippen LogP contribution in [0, 0.1) is 11.8 Å². The number of phenols is 1. The van der Waals surface area contributed by atoms with Crippen LogP contribution in [0.2, 0.25) is 0 Å². The Kier molecular flexibility index (Phi) is 4.86. The van der Waals surface area contributed by atoms with Crippen molar-refractivity contribution < 1.29 is 10.2 Å². The first-order valence-electron chi connectivity index (χ1n) is 10.4. The van der Waals surface area contributed by atoms with E-state index in [4.69, 9.17) is 0 Å². The topological polar surface area (TPSA) is 61.5 Å². The van der Waals surface area contributed by atoms with E-state index < -0.39 is 0 Å². The number of fused-ring (bicyclic) bond motifs is 1. The summed E-state index contributed by atoms with van der Waals surface area (Å²) in [6.07, 6.45) is 5.30. The first-order valence-corrected chi connectivity index (χ1v) is 10.4. The minimum Gasteiger partial charge on any atom is -0.508 e. The van der Waals surface area contributed by atoms with E-state index in [2.05, 4.69) is 32.7 Å². The van der Waals surface area contributed by atoms with Gasteiger partial charge in [-0.25, -0.2) is 4.98 Å². The maximum Gasteiger partial charge on any atom is 0.140 e. The van der Waals surface area contributed by atoms with Crippen molar-refractivity contribution in [3.8, 4) is 17.1 Å². The van der Waals surface area contributed by atoms with Crippen molar-refractivity contribution in [1.29, 1.82) is 0 Å². The van der Waals surface area contributed by atoms with Crippen LogP contribution in [0.3, 0.4) is 0 Å². The third kappa shape index (κ3) is 3.68. The Morgan fingerprint density at radius 2 is 1.76 bits per heavy atom. The molecule has 1 aliphatic heterocycles. The summed E-state index contributed by atoms with van der Waals surface area (Å²) < 4.78 is 2.17. The van der Waals surface area contributed by atoms with Crippen molar-refractivity contribution in [2.45, 2.75) is 31.5 Å². The average molecular weight is 389 g/mol. The lowest BCUT2D eigenvalue weighted by Gasteiger charge is -2.36. The summed E-state index contributed by atoms with van der Waals surface area (Å²) in [6, 6.07) is 17.8. The largest absolute Gasteiger partial charge is 0.508 e. The van der Waals surface area contributed by atoms with Crippen LogP contribution in [0.1, 0.15) is 24.4 Å². The van der Waals surface area contributed by atoms with E-state index in [9.17, 15) is 10.2 Å². The Bertz CT molecular complexity index is 971. The van der Waals surface area contributed by atoms with Gasteiger partial charge in [0.1, 0.15) is 11.6 Å². The predicted molar refractivity (Wildman–Crippen MR) is 112 cm³/mol. The number of imidazole rings is 1. The lowest BCUT2D eigenvalue weighted by Crippen LogP contribution is -2.36. The van der Waals surface area contributed by atoms with Crippen LogP contribution in [0.25, 0.3) is 11.4 Å². The van der Waals surface area contributed by atoms with Crippen molar-refractivity contribution in [2.75, 3.05) is 13.1 Å². The summed E-state index contributed by atoms with van der Waals surface area (Å²) in [5.41, 5.74) is 2.23. The SMILES string of the molecule is Oc1cccc(CN2C[C@H]3C[C@H](O)[C@@H](n4ccnc4-c4ccccc4)C[C@H]3C2)c1. The van der Waals surface area contributed by atoms with E-state index in [1.807, 2.05) is 42.7 Å². The second-order valence-corrected chi connectivity index (χ2v) is 8.51. The molecule has 0 amide bonds. The number of benzene rings is 2. The molecular weight excluding hydrogens is 362 g/mol. The summed E-state index contributed by atoms with van der Waals surface area (Å²) in [6.45, 7) is 2.90. The molecule has 5 heteroatoms. The standard InChI is InChI=1S/C24H27N3O2/c28-21-8-4-5-17(11-21)14-26-15-19-12-22(23(29)13-20(19)16-26)27-10-9-25-24(27)18-6-2-1-3-7-18/h1-11,19-20,22-23,28-29H,12-16H2/t19-,20+,22-,23-/m0/s1. The fraction of sp³-hybridized carbons (Fsp3) is 0.375. The summed E-state index contributed by atoms with van der Waals surface area (Å²) in [4.78, 5) is 7.04. The molecule has 29 heavy (non-hydrogen) atoms. The molecule has 3 aromatic rings. The number of likely N-dealkylation sites (tertiary alicyclic amines) is 1. The van der Waals surface area contributed by atoms with E-state index in [-0.39, 0.29) is 12.1 Å². The third-order valence-corrected chi connectivity index (χ3v) is 6.56. The molecule has 1 saturated heterocycles. The van der Waals surface area contributed by atoms with E-state index >= 15 is 0 Å². The van der Waals surface area contributed by atoms with E-state index in [1.54, 1.807) is 6.07 Å². The van der Waals surface area contributed by atoms with E-state index in [1.165, 1.54) is 0 Å². The second-order valence-electron chi connectivity index (χ2n) is 8.51. The normalized spacial score (nSPS) is 27.1. The van der Waals surface area contributed by atoms with E-state index in [0.29, 0.717) is 17.6 Å². The van der Waals surface area contributed by atoms with Crippen LogP contribution < -0.4 is 0 Å². The quantitative estimate of drug-likeness (QED) is 0.714. The highest BCUT2D eigenvalue weighted by Crippen LogP contribution is 2.42. The highest BCUT2D eigenvalue weighted by atomic mass is 16.3. The Labute approximate surface area is 171 Å². The van der Waals surface area contributed by atoms with Gasteiger partial charge < -0.3 is 14.8 Å². The van der Waals surface area contributed by atoms with E-state index in [0.717, 1.165) is 49.4 Å². The molecule has 4 atom stereocenters. The van der Waals surface area contributed by atoms with Gasteiger partial charge in [-0.2, -0.15) is 0 Å². The lowest BCUT2D eigenvalue weighted by molar-refractivity contribution is 0.0365. The zero-order valence-electron chi connectivity index (χ0n) is 16.4. The molecule has 2 N–H and O–H groups in total. The highest BCUT2D eigenvalue weighted by molar-refractivity contribution is 5.55. The first kappa shape index (κ1) is 18.4. The number of aromatic nitrogens is 2. The van der Waals surface area contributed by atoms with Gasteiger partial charge in [0.2, 0.25) is 0 Å². The van der Waals surface area contributed by atoms with Gasteiger partial charge in [-0.1, -0.05) is 42.5 Å². The second kappa shape index (κ2) is 7.65. The summed E-state index contributed by atoms with van der Waals surface area (Å²) in [7, 11) is 0. The minimum absolute atomic E-state index is 0.0645. The molecule has 5 nitrogen and oxygen atoms in total. The molecule has 0 spiro atoms. The molecule has 5 rings (SSSR count). The molecular formula is C24H27N3O2. The van der Waals surface area contributed by atoms with Gasteiger partial charge in [-0.05, 0) is 42.4 Å². The smallest absolute Gasteiger partial charge is 0.140 e. The maximum absolute atomic E-state index is 11.0. The number of hydrogen-bond donors (Lipinski definition) is 2. The average Bonchev–Trinajstić information content (AvgIpc) is 3.34. The maximum atomic E-state index is 11.0. The number of hydrogen-bond acceptors (Lipinski definition) is 4. The molecule has 2 aliphatic rings. The zero-order valence-corrected chi connectivity index (χ0v) is 16.4. The lowest BCUT2D eigenvalue weighted by atomic mass is 9.77. The van der Waals surface area contributed by atoms with Gasteiger partial charge in [-0.3, -0.25) is 4.90 Å². The van der Waals surface area contributed by atoms with Crippen LogP contribution in [0.5, 0.6) is 5.75 Å². The summed E-state index contributed by atoms with van der Waals surface area (Å²) in [5.74, 6) is 2.36. The predicted octanol–water partition coefficient (Wildman–Crippen LogP) is 3.70. The molecule has 0 bridgehead atoms. The van der Waals surface area contributed by atoms with Gasteiger partial charge in [-0.15, -0.1) is 0 Å². The van der Waals surface area contributed by atoms with Crippen LogP contribution in [0.15, 0.2) is 67.0 Å². The fourth-order valence-electron chi connectivity index (χ4n) is 5.24. The molecule has 1 saturated carbocycles. The van der Waals surface area contributed by atoms with Crippen LogP contribution in [0.4, 0.5) is 0 Å². The zero-order chi connectivity index (χ0) is 19.8. The molecule has 2 fully saturated rings. The van der Waals surface area contributed by atoms with Crippen molar-refractivity contribution in [3.63, 3.8) is 0 Å². The number of aliphatic hydroxyl groups excluding tert-OH is 1. The van der Waals surface area contributed by atoms with Crippen molar-refractivity contribution in [2.24, 2.45) is 11.8 Å². The molecule has 150 valence electrons. The van der Waals surface area contributed by atoms with Crippen LogP contribution >= 0.6 is 0 Å². The van der Waals surface area contributed by atoms with Gasteiger partial charge in [0.05, 0.1) is 12.1 Å². The van der Waals surface area contributed by atoms with Crippen molar-refractivity contribution >= 4 is 0 Å². The van der Waals surface area contributed by atoms with Crippen LogP contribution in [-0.2, 0) is 6.54 Å². The monoisotopic (exact) mass is 389 g/mol. The highest BCUT2D eigenvalue weighted by Gasteiger charge is 2.42. The molecule has 2 aromatic carbocycles. The number of rotatable bonds is 4. The molecule has 1 aromatic heterocycles. The number of nitrogens with zero attached hydrogens (tertiary/aromatic N) is 3. The van der Waals surface area contributed by atoms with Crippen molar-refractivity contribution in [1.82, 2.24) is 14.5 Å². The summed E-state index contributed by atoms with van der Waals surface area (Å²) in [5, 5.41) is 20.7. The fourth-order valence-corrected chi connectivity index (χ4v) is 5.24. The van der Waals surface area contributed by atoms with Gasteiger partial charge in [0.25, 0.3) is 0 Å². The van der Waals surface area contributed by atoms with Gasteiger partial charge in [0.15, 0.2) is 0 Å². The van der Waals surface area contributed by atoms with Gasteiger partial charge >= 0.3 is 0 Å². The Hall–Kier alpha value is -2.63. The van der Waals surface area contributed by atoms with Crippen molar-refractivity contribution in [3.05, 3.63) is 72.6 Å². The third-order valence-electron chi connectivity index (χ3n) is 6.56. The molecule has 2 heterocycles. The molecule has 1 aliphatic carbocycles. The number of aromatic hydroxyl groups is 1. The Balaban J connectivity index is 1.32. The number of phenolic OH excluding ortho intramolecular Hbond substituents is 1.